The summed E-state index contributed by atoms with van der Waals surface area (Å²) >= 11 is 0. The molecule has 0 aliphatic rings. The lowest BCUT2D eigenvalue weighted by atomic mass is 9.99. The second kappa shape index (κ2) is 6.17. The van der Waals surface area contributed by atoms with Crippen molar-refractivity contribution in [2.24, 2.45) is 12.8 Å². The standard InChI is InChI=1S/C13H26N4/c1-6-12(7-2)17(5)13(10(3)14)11-8-15-16(4)9-11/h8-10,12-13H,6-7,14H2,1-5H3. The molecule has 0 aliphatic heterocycles. The molecule has 0 saturated heterocycles. The first kappa shape index (κ1) is 14.2. The Morgan fingerprint density at radius 3 is 2.35 bits per heavy atom. The molecule has 1 aromatic rings. The molecular formula is C13H26N4. The van der Waals surface area contributed by atoms with E-state index >= 15 is 0 Å². The molecule has 2 unspecified atom stereocenters. The van der Waals surface area contributed by atoms with Gasteiger partial charge in [-0.1, -0.05) is 13.8 Å². The van der Waals surface area contributed by atoms with E-state index in [1.807, 2.05) is 17.9 Å². The van der Waals surface area contributed by atoms with Gasteiger partial charge in [-0.3, -0.25) is 9.58 Å². The SMILES string of the molecule is CCC(CC)N(C)C(c1cnn(C)c1)C(C)N. The van der Waals surface area contributed by atoms with E-state index in [1.165, 1.54) is 5.56 Å². The van der Waals surface area contributed by atoms with E-state index in [9.17, 15) is 0 Å². The molecule has 0 amide bonds. The van der Waals surface area contributed by atoms with Crippen molar-refractivity contribution in [2.45, 2.75) is 51.7 Å². The summed E-state index contributed by atoms with van der Waals surface area (Å²) < 4.78 is 1.84. The number of rotatable bonds is 6. The van der Waals surface area contributed by atoms with Crippen molar-refractivity contribution in [2.75, 3.05) is 7.05 Å². The number of hydrogen-bond acceptors (Lipinski definition) is 3. The molecule has 0 fully saturated rings. The Kier molecular flexibility index (Phi) is 5.15. The summed E-state index contributed by atoms with van der Waals surface area (Å²) in [5.41, 5.74) is 7.35. The van der Waals surface area contributed by atoms with Gasteiger partial charge >= 0.3 is 0 Å². The van der Waals surface area contributed by atoms with Crippen LogP contribution >= 0.6 is 0 Å². The highest BCUT2D eigenvalue weighted by molar-refractivity contribution is 5.13. The van der Waals surface area contributed by atoms with Gasteiger partial charge in [0.2, 0.25) is 0 Å². The van der Waals surface area contributed by atoms with Crippen LogP contribution in [0.25, 0.3) is 0 Å². The number of hydrogen-bond donors (Lipinski definition) is 1. The summed E-state index contributed by atoms with van der Waals surface area (Å²) in [6.45, 7) is 6.52. The average molecular weight is 238 g/mol. The Morgan fingerprint density at radius 1 is 1.41 bits per heavy atom. The van der Waals surface area contributed by atoms with Crippen molar-refractivity contribution in [1.82, 2.24) is 14.7 Å². The van der Waals surface area contributed by atoms with Crippen LogP contribution in [-0.4, -0.2) is 33.8 Å². The smallest absolute Gasteiger partial charge is 0.0538 e. The van der Waals surface area contributed by atoms with E-state index < -0.39 is 0 Å². The van der Waals surface area contributed by atoms with Gasteiger partial charge in [-0.05, 0) is 26.8 Å². The van der Waals surface area contributed by atoms with Crippen LogP contribution in [0.2, 0.25) is 0 Å². The summed E-state index contributed by atoms with van der Waals surface area (Å²) in [5.74, 6) is 0. The van der Waals surface area contributed by atoms with Gasteiger partial charge in [-0.15, -0.1) is 0 Å². The van der Waals surface area contributed by atoms with Crippen molar-refractivity contribution in [1.29, 1.82) is 0 Å². The van der Waals surface area contributed by atoms with E-state index in [2.05, 4.69) is 44.0 Å². The molecule has 0 radical (unpaired) electrons. The van der Waals surface area contributed by atoms with E-state index in [4.69, 9.17) is 5.73 Å². The second-order valence-electron chi connectivity index (χ2n) is 4.89. The average Bonchev–Trinajstić information content (AvgIpc) is 2.66. The van der Waals surface area contributed by atoms with Crippen LogP contribution in [0.3, 0.4) is 0 Å². The number of nitrogens with zero attached hydrogens (tertiary/aromatic N) is 3. The van der Waals surface area contributed by atoms with Gasteiger partial charge in [0, 0.05) is 30.9 Å². The molecule has 1 aromatic heterocycles. The Bertz CT molecular complexity index is 328. The number of aromatic nitrogens is 2. The predicted molar refractivity (Wildman–Crippen MR) is 71.7 cm³/mol. The molecule has 2 atom stereocenters. The third kappa shape index (κ3) is 3.30. The summed E-state index contributed by atoms with van der Waals surface area (Å²) in [6.07, 6.45) is 6.28. The zero-order chi connectivity index (χ0) is 13.0. The largest absolute Gasteiger partial charge is 0.326 e. The highest BCUT2D eigenvalue weighted by Gasteiger charge is 2.26. The fourth-order valence-corrected chi connectivity index (χ4v) is 2.59. The molecule has 4 nitrogen and oxygen atoms in total. The highest BCUT2D eigenvalue weighted by Crippen LogP contribution is 2.25. The van der Waals surface area contributed by atoms with Gasteiger partial charge < -0.3 is 5.73 Å². The molecule has 0 aromatic carbocycles. The molecule has 2 N–H and O–H groups in total. The van der Waals surface area contributed by atoms with Gasteiger partial charge in [-0.2, -0.15) is 5.10 Å². The summed E-state index contributed by atoms with van der Waals surface area (Å²) in [4.78, 5) is 2.39. The van der Waals surface area contributed by atoms with Gasteiger partial charge in [0.25, 0.3) is 0 Å². The second-order valence-corrected chi connectivity index (χ2v) is 4.89. The van der Waals surface area contributed by atoms with E-state index in [-0.39, 0.29) is 12.1 Å². The Labute approximate surface area is 105 Å². The van der Waals surface area contributed by atoms with Crippen LogP contribution in [0.1, 0.15) is 45.2 Å². The van der Waals surface area contributed by atoms with Crippen molar-refractivity contribution in [3.63, 3.8) is 0 Å². The van der Waals surface area contributed by atoms with Crippen LogP contribution in [0.15, 0.2) is 12.4 Å². The van der Waals surface area contributed by atoms with Crippen LogP contribution in [-0.2, 0) is 7.05 Å². The van der Waals surface area contributed by atoms with Crippen molar-refractivity contribution in [3.05, 3.63) is 18.0 Å². The zero-order valence-corrected chi connectivity index (χ0v) is 11.7. The minimum absolute atomic E-state index is 0.102. The normalized spacial score (nSPS) is 15.5. The summed E-state index contributed by atoms with van der Waals surface area (Å²) in [6, 6.07) is 0.921. The first-order valence-corrected chi connectivity index (χ1v) is 6.47. The Morgan fingerprint density at radius 2 is 2.00 bits per heavy atom. The number of likely N-dealkylation sites (N-methyl/N-ethyl adjacent to an activating group) is 1. The lowest BCUT2D eigenvalue weighted by Gasteiger charge is -2.36. The lowest BCUT2D eigenvalue weighted by molar-refractivity contribution is 0.146. The molecule has 0 spiro atoms. The zero-order valence-electron chi connectivity index (χ0n) is 11.7. The fourth-order valence-electron chi connectivity index (χ4n) is 2.59. The number of aryl methyl sites for hydroxylation is 1. The van der Waals surface area contributed by atoms with E-state index in [0.717, 1.165) is 12.8 Å². The molecule has 1 rings (SSSR count). The minimum atomic E-state index is 0.102. The first-order valence-electron chi connectivity index (χ1n) is 6.47. The van der Waals surface area contributed by atoms with E-state index in [0.29, 0.717) is 6.04 Å². The third-order valence-electron chi connectivity index (χ3n) is 3.52. The van der Waals surface area contributed by atoms with Crippen molar-refractivity contribution >= 4 is 0 Å². The third-order valence-corrected chi connectivity index (χ3v) is 3.52. The number of nitrogens with two attached hydrogens (primary N) is 1. The maximum absolute atomic E-state index is 6.15. The predicted octanol–water partition coefficient (Wildman–Crippen LogP) is 1.93. The Balaban J connectivity index is 2.93. The fraction of sp³-hybridized carbons (Fsp3) is 0.769. The summed E-state index contributed by atoms with van der Waals surface area (Å²) in [7, 11) is 4.11. The summed E-state index contributed by atoms with van der Waals surface area (Å²) in [5, 5.41) is 4.25. The molecule has 98 valence electrons. The van der Waals surface area contributed by atoms with Crippen LogP contribution < -0.4 is 5.73 Å². The monoisotopic (exact) mass is 238 g/mol. The van der Waals surface area contributed by atoms with Crippen LogP contribution in [0.4, 0.5) is 0 Å². The quantitative estimate of drug-likeness (QED) is 0.823. The first-order chi connectivity index (χ1) is 8.01. The van der Waals surface area contributed by atoms with Crippen molar-refractivity contribution in [3.8, 4) is 0 Å². The van der Waals surface area contributed by atoms with E-state index in [1.54, 1.807) is 0 Å². The van der Waals surface area contributed by atoms with Crippen LogP contribution in [0, 0.1) is 0 Å². The molecular weight excluding hydrogens is 212 g/mol. The van der Waals surface area contributed by atoms with Gasteiger partial charge in [0.1, 0.15) is 0 Å². The van der Waals surface area contributed by atoms with Crippen LogP contribution in [0.5, 0.6) is 0 Å². The molecule has 17 heavy (non-hydrogen) atoms. The maximum atomic E-state index is 6.15. The van der Waals surface area contributed by atoms with Crippen molar-refractivity contribution < 1.29 is 0 Å². The Hall–Kier alpha value is -0.870. The molecule has 0 aliphatic carbocycles. The van der Waals surface area contributed by atoms with Gasteiger partial charge in [0.05, 0.1) is 12.2 Å². The molecule has 0 saturated carbocycles. The lowest BCUT2D eigenvalue weighted by Crippen LogP contribution is -2.42. The molecule has 1 heterocycles. The topological polar surface area (TPSA) is 47.1 Å². The van der Waals surface area contributed by atoms with Gasteiger partial charge in [0.15, 0.2) is 0 Å². The maximum Gasteiger partial charge on any atom is 0.0538 e. The minimum Gasteiger partial charge on any atom is -0.326 e. The van der Waals surface area contributed by atoms with Gasteiger partial charge in [-0.25, -0.2) is 0 Å². The highest BCUT2D eigenvalue weighted by atomic mass is 15.3. The molecule has 4 heteroatoms. The molecule has 0 bridgehead atoms.